The number of halogens is 3. The summed E-state index contributed by atoms with van der Waals surface area (Å²) in [6.07, 6.45) is 1.20. The van der Waals surface area contributed by atoms with Crippen molar-refractivity contribution in [3.63, 3.8) is 0 Å². The molecule has 4 rings (SSSR count). The second-order valence-corrected chi connectivity index (χ2v) is 8.22. The zero-order chi connectivity index (χ0) is 21.4. The Morgan fingerprint density at radius 2 is 2.10 bits per heavy atom. The molecule has 3 unspecified atom stereocenters. The normalized spacial score (nSPS) is 26.7. The van der Waals surface area contributed by atoms with E-state index in [1.165, 1.54) is 30.6 Å². The van der Waals surface area contributed by atoms with Crippen LogP contribution < -0.4 is 15.1 Å². The minimum atomic E-state index is -4.57. The number of carbonyl (C=O) groups excluding carboxylic acids is 1. The van der Waals surface area contributed by atoms with Crippen LogP contribution in [0.2, 0.25) is 0 Å². The number of pyridine rings is 1. The number of nitrogens with zero attached hydrogens (tertiary/aromatic N) is 2. The molecule has 8 heteroatoms. The standard InChI is InChI=1S/C22H25F3N4O/c1-15-4-3-11-29(15,18-8-10-27-14-18)17-6-7-20(19(12-17)22(23,24)25)28-21(30)16-5-2-9-26-13-16/h2,5-7,9,12-13,15,18,27H,3-4,8,10-11,14H2,1H3/p+1. The van der Waals surface area contributed by atoms with E-state index in [1.54, 1.807) is 12.1 Å². The van der Waals surface area contributed by atoms with Crippen LogP contribution in [0.5, 0.6) is 0 Å². The zero-order valence-electron chi connectivity index (χ0n) is 16.9. The molecule has 0 aliphatic carbocycles. The molecule has 0 bridgehead atoms. The van der Waals surface area contributed by atoms with Crippen molar-refractivity contribution in [3.8, 4) is 0 Å². The van der Waals surface area contributed by atoms with Gasteiger partial charge in [0.2, 0.25) is 0 Å². The Kier molecular flexibility index (Phi) is 5.55. The third-order valence-corrected chi connectivity index (χ3v) is 6.58. The number of quaternary nitrogens is 1. The van der Waals surface area contributed by atoms with Gasteiger partial charge in [-0.1, -0.05) is 0 Å². The molecule has 3 atom stereocenters. The van der Waals surface area contributed by atoms with Gasteiger partial charge in [-0.2, -0.15) is 13.2 Å². The third-order valence-electron chi connectivity index (χ3n) is 6.58. The zero-order valence-corrected chi connectivity index (χ0v) is 16.9. The van der Waals surface area contributed by atoms with Gasteiger partial charge in [-0.05, 0) is 25.1 Å². The lowest BCUT2D eigenvalue weighted by Gasteiger charge is -2.43. The Bertz CT molecular complexity index is 912. The van der Waals surface area contributed by atoms with E-state index in [0.29, 0.717) is 10.2 Å². The van der Waals surface area contributed by atoms with Crippen molar-refractivity contribution in [3.05, 3.63) is 53.9 Å². The van der Waals surface area contributed by atoms with Gasteiger partial charge in [-0.3, -0.25) is 14.3 Å². The molecule has 30 heavy (non-hydrogen) atoms. The number of aromatic nitrogens is 1. The molecule has 2 fully saturated rings. The highest BCUT2D eigenvalue weighted by Crippen LogP contribution is 2.44. The van der Waals surface area contributed by atoms with Gasteiger partial charge in [0.25, 0.3) is 5.91 Å². The summed E-state index contributed by atoms with van der Waals surface area (Å²) < 4.78 is 42.5. The van der Waals surface area contributed by atoms with Crippen molar-refractivity contribution in [1.82, 2.24) is 14.8 Å². The molecule has 1 amide bonds. The molecule has 3 heterocycles. The summed E-state index contributed by atoms with van der Waals surface area (Å²) in [5.41, 5.74) is -0.141. The topological polar surface area (TPSA) is 54.0 Å². The first kappa shape index (κ1) is 20.8. The van der Waals surface area contributed by atoms with E-state index < -0.39 is 17.6 Å². The summed E-state index contributed by atoms with van der Waals surface area (Å²) in [4.78, 5) is 16.3. The molecule has 5 nitrogen and oxygen atoms in total. The fraction of sp³-hybridized carbons (Fsp3) is 0.455. The largest absolute Gasteiger partial charge is 0.418 e. The molecule has 0 spiro atoms. The number of carbonyl (C=O) groups is 1. The summed E-state index contributed by atoms with van der Waals surface area (Å²) in [6, 6.07) is 8.02. The maximum absolute atomic E-state index is 14.0. The lowest BCUT2D eigenvalue weighted by Crippen LogP contribution is -2.59. The molecule has 160 valence electrons. The Balaban J connectivity index is 1.73. The highest BCUT2D eigenvalue weighted by molar-refractivity contribution is 6.04. The van der Waals surface area contributed by atoms with Gasteiger partial charge in [0.05, 0.1) is 29.4 Å². The van der Waals surface area contributed by atoms with E-state index in [4.69, 9.17) is 0 Å². The molecule has 2 saturated heterocycles. The van der Waals surface area contributed by atoms with E-state index >= 15 is 0 Å². The first-order valence-corrected chi connectivity index (χ1v) is 10.3. The van der Waals surface area contributed by atoms with Gasteiger partial charge in [0.1, 0.15) is 11.7 Å². The molecule has 0 radical (unpaired) electrons. The maximum Gasteiger partial charge on any atom is 0.418 e. The van der Waals surface area contributed by atoms with Gasteiger partial charge in [0.15, 0.2) is 0 Å². The summed E-state index contributed by atoms with van der Waals surface area (Å²) in [5.74, 6) is -0.611. The fourth-order valence-electron chi connectivity index (χ4n) is 5.09. The number of anilines is 1. The van der Waals surface area contributed by atoms with Crippen molar-refractivity contribution >= 4 is 17.3 Å². The Hall–Kier alpha value is -2.45. The summed E-state index contributed by atoms with van der Waals surface area (Å²) in [7, 11) is 0. The van der Waals surface area contributed by atoms with E-state index in [1.807, 2.05) is 0 Å². The molecule has 2 aromatic rings. The fourth-order valence-corrected chi connectivity index (χ4v) is 5.09. The maximum atomic E-state index is 14.0. The SMILES string of the molecule is CC1CCC[N+]1(c1ccc(NC(=O)c2cccnc2)c(C(F)(F)F)c1)C1CCNC1. The summed E-state index contributed by atoms with van der Waals surface area (Å²) >= 11 is 0. The molecule has 0 saturated carbocycles. The lowest BCUT2D eigenvalue weighted by molar-refractivity contribution is -0.137. The number of likely N-dealkylation sites (tertiary alicyclic amines) is 1. The summed E-state index contributed by atoms with van der Waals surface area (Å²) in [6.45, 7) is 4.68. The highest BCUT2D eigenvalue weighted by Gasteiger charge is 2.49. The highest BCUT2D eigenvalue weighted by atomic mass is 19.4. The van der Waals surface area contributed by atoms with E-state index in [0.717, 1.165) is 38.9 Å². The number of hydrogen-bond donors (Lipinski definition) is 2. The Morgan fingerprint density at radius 3 is 2.70 bits per heavy atom. The van der Waals surface area contributed by atoms with Crippen LogP contribution >= 0.6 is 0 Å². The smallest absolute Gasteiger partial charge is 0.321 e. The third kappa shape index (κ3) is 3.70. The second kappa shape index (κ2) is 8.00. The minimum Gasteiger partial charge on any atom is -0.321 e. The van der Waals surface area contributed by atoms with Gasteiger partial charge >= 0.3 is 6.18 Å². The molecule has 1 aromatic carbocycles. The van der Waals surface area contributed by atoms with E-state index in [2.05, 4.69) is 22.5 Å². The van der Waals surface area contributed by atoms with Crippen LogP contribution in [0, 0.1) is 0 Å². The van der Waals surface area contributed by atoms with Crippen LogP contribution in [0.1, 0.15) is 42.1 Å². The van der Waals surface area contributed by atoms with Gasteiger partial charge < -0.3 is 10.6 Å². The quantitative estimate of drug-likeness (QED) is 0.731. The Morgan fingerprint density at radius 1 is 1.27 bits per heavy atom. The van der Waals surface area contributed by atoms with Gasteiger partial charge in [0, 0.05) is 56.9 Å². The first-order valence-electron chi connectivity index (χ1n) is 10.3. The molecular weight excluding hydrogens is 393 g/mol. The van der Waals surface area contributed by atoms with E-state index in [9.17, 15) is 18.0 Å². The van der Waals surface area contributed by atoms with Crippen molar-refractivity contribution < 1.29 is 18.0 Å². The number of benzene rings is 1. The first-order chi connectivity index (χ1) is 14.3. The number of amides is 1. The van der Waals surface area contributed by atoms with E-state index in [-0.39, 0.29) is 23.3 Å². The Labute approximate surface area is 173 Å². The van der Waals surface area contributed by atoms with Gasteiger partial charge in [-0.15, -0.1) is 0 Å². The number of nitrogens with one attached hydrogen (secondary N) is 2. The average molecular weight is 419 g/mol. The lowest BCUT2D eigenvalue weighted by atomic mass is 10.0. The van der Waals surface area contributed by atoms with Crippen LogP contribution in [0.4, 0.5) is 24.5 Å². The second-order valence-electron chi connectivity index (χ2n) is 8.22. The molecule has 2 aliphatic rings. The van der Waals surface area contributed by atoms with Crippen LogP contribution in [0.15, 0.2) is 42.7 Å². The van der Waals surface area contributed by atoms with Crippen molar-refractivity contribution in [1.29, 1.82) is 0 Å². The monoisotopic (exact) mass is 419 g/mol. The predicted molar refractivity (Wildman–Crippen MR) is 110 cm³/mol. The minimum absolute atomic E-state index is 0.211. The molecule has 1 aromatic heterocycles. The number of alkyl halides is 3. The number of rotatable bonds is 4. The summed E-state index contributed by atoms with van der Waals surface area (Å²) in [5, 5.41) is 5.79. The molecule has 2 aliphatic heterocycles. The van der Waals surface area contributed by atoms with Gasteiger partial charge in [-0.25, -0.2) is 0 Å². The average Bonchev–Trinajstić information content (AvgIpc) is 3.38. The van der Waals surface area contributed by atoms with Crippen molar-refractivity contribution in [2.45, 2.75) is 44.4 Å². The molecular formula is C22H26F3N4O+. The predicted octanol–water partition coefficient (Wildman–Crippen LogP) is 4.20. The molecule has 2 N–H and O–H groups in total. The van der Waals surface area contributed by atoms with Crippen LogP contribution in [0.25, 0.3) is 0 Å². The van der Waals surface area contributed by atoms with Crippen LogP contribution in [-0.4, -0.2) is 42.6 Å². The number of hydrogen-bond acceptors (Lipinski definition) is 3. The van der Waals surface area contributed by atoms with Crippen molar-refractivity contribution in [2.75, 3.05) is 25.0 Å². The van der Waals surface area contributed by atoms with Crippen molar-refractivity contribution in [2.24, 2.45) is 0 Å². The van der Waals surface area contributed by atoms with Crippen LogP contribution in [0.3, 0.4) is 0 Å². The van der Waals surface area contributed by atoms with Crippen LogP contribution in [-0.2, 0) is 6.18 Å².